The molecule has 134 valence electrons. The Morgan fingerprint density at radius 2 is 1.65 bits per heavy atom. The third kappa shape index (κ3) is 2.81. The number of anilines is 1. The number of rotatable bonds is 2. The fourth-order valence-electron chi connectivity index (χ4n) is 3.97. The van der Waals surface area contributed by atoms with E-state index in [4.69, 9.17) is 11.5 Å². The van der Waals surface area contributed by atoms with Gasteiger partial charge in [0.05, 0.1) is 5.69 Å². The Balaban J connectivity index is 1.77. The van der Waals surface area contributed by atoms with E-state index in [0.29, 0.717) is 5.69 Å². The summed E-state index contributed by atoms with van der Waals surface area (Å²) in [7, 11) is 0. The maximum atomic E-state index is 15.1. The topological polar surface area (TPSA) is 80.0 Å². The van der Waals surface area contributed by atoms with E-state index in [2.05, 4.69) is 9.98 Å². The molecule has 0 atom stereocenters. The predicted octanol–water partition coefficient (Wildman–Crippen LogP) is 3.60. The van der Waals surface area contributed by atoms with Crippen molar-refractivity contribution in [3.63, 3.8) is 0 Å². The lowest BCUT2D eigenvalue weighted by Gasteiger charge is -2.45. The maximum absolute atomic E-state index is 15.1. The molecule has 4 N–H and O–H groups in total. The zero-order valence-corrected chi connectivity index (χ0v) is 14.5. The minimum absolute atomic E-state index is 0.168. The second-order valence-electron chi connectivity index (χ2n) is 6.85. The minimum Gasteiger partial charge on any atom is -0.369 e. The molecule has 1 aliphatic carbocycles. The molecule has 0 saturated heterocycles. The summed E-state index contributed by atoms with van der Waals surface area (Å²) in [5.74, 6) is 0.0258. The monoisotopic (exact) mass is 351 g/mol. The second-order valence-corrected chi connectivity index (χ2v) is 6.85. The molecule has 0 bridgehead atoms. The van der Waals surface area contributed by atoms with Crippen LogP contribution < -0.4 is 16.4 Å². The van der Waals surface area contributed by atoms with Gasteiger partial charge in [-0.15, -0.1) is 0 Å². The van der Waals surface area contributed by atoms with Crippen LogP contribution in [0.25, 0.3) is 11.1 Å². The summed E-state index contributed by atoms with van der Waals surface area (Å²) in [5.41, 5.74) is 13.6. The summed E-state index contributed by atoms with van der Waals surface area (Å²) in [6, 6.07) is 14.9. The van der Waals surface area contributed by atoms with E-state index in [1.165, 1.54) is 6.07 Å². The van der Waals surface area contributed by atoms with Crippen molar-refractivity contribution in [1.82, 2.24) is 0 Å². The highest BCUT2D eigenvalue weighted by Gasteiger charge is 2.43. The quantitative estimate of drug-likeness (QED) is 0.867. The molecule has 5 nitrogen and oxygen atoms in total. The van der Waals surface area contributed by atoms with E-state index < -0.39 is 5.66 Å². The molecule has 26 heavy (non-hydrogen) atoms. The molecule has 2 aromatic carbocycles. The van der Waals surface area contributed by atoms with Crippen LogP contribution in [0, 0.1) is 5.82 Å². The highest BCUT2D eigenvalue weighted by atomic mass is 19.1. The van der Waals surface area contributed by atoms with Gasteiger partial charge in [0.2, 0.25) is 11.9 Å². The molecule has 1 heterocycles. The fourth-order valence-corrected chi connectivity index (χ4v) is 3.97. The summed E-state index contributed by atoms with van der Waals surface area (Å²) in [6.07, 6.45) is 4.71. The summed E-state index contributed by atoms with van der Waals surface area (Å²) in [4.78, 5) is 10.4. The van der Waals surface area contributed by atoms with E-state index in [-0.39, 0.29) is 17.7 Å². The van der Waals surface area contributed by atoms with E-state index >= 15 is 4.39 Å². The van der Waals surface area contributed by atoms with Crippen LogP contribution in [0.5, 0.6) is 0 Å². The predicted molar refractivity (Wildman–Crippen MR) is 103 cm³/mol. The van der Waals surface area contributed by atoms with Gasteiger partial charge >= 0.3 is 0 Å². The van der Waals surface area contributed by atoms with Gasteiger partial charge in [-0.3, -0.25) is 4.90 Å². The molecule has 1 fully saturated rings. The first-order chi connectivity index (χ1) is 12.6. The van der Waals surface area contributed by atoms with Crippen molar-refractivity contribution in [2.75, 3.05) is 4.90 Å². The Bertz CT molecular complexity index is 869. The third-order valence-corrected chi connectivity index (χ3v) is 5.15. The van der Waals surface area contributed by atoms with Gasteiger partial charge in [0.15, 0.2) is 0 Å². The van der Waals surface area contributed by atoms with Crippen molar-refractivity contribution in [1.29, 1.82) is 0 Å². The van der Waals surface area contributed by atoms with Crippen molar-refractivity contribution < 1.29 is 4.39 Å². The number of aliphatic imine (C=N–C) groups is 2. The van der Waals surface area contributed by atoms with Crippen molar-refractivity contribution in [3.8, 4) is 11.1 Å². The van der Waals surface area contributed by atoms with Crippen LogP contribution in [0.1, 0.15) is 32.1 Å². The summed E-state index contributed by atoms with van der Waals surface area (Å²) < 4.78 is 15.1. The van der Waals surface area contributed by atoms with Crippen LogP contribution in [0.3, 0.4) is 0 Å². The Hall–Kier alpha value is -2.89. The first kappa shape index (κ1) is 16.6. The fraction of sp³-hybridized carbons (Fsp3) is 0.300. The van der Waals surface area contributed by atoms with Crippen LogP contribution in [0.15, 0.2) is 58.5 Å². The molecule has 0 amide bonds. The zero-order chi connectivity index (χ0) is 18.1. The van der Waals surface area contributed by atoms with Crippen molar-refractivity contribution in [3.05, 3.63) is 54.3 Å². The lowest BCUT2D eigenvalue weighted by atomic mass is 9.87. The van der Waals surface area contributed by atoms with Gasteiger partial charge in [-0.25, -0.2) is 9.38 Å². The van der Waals surface area contributed by atoms with E-state index in [1.807, 2.05) is 36.4 Å². The summed E-state index contributed by atoms with van der Waals surface area (Å²) in [5, 5.41) is 0. The third-order valence-electron chi connectivity index (χ3n) is 5.15. The van der Waals surface area contributed by atoms with E-state index in [9.17, 15) is 0 Å². The minimum atomic E-state index is -0.636. The first-order valence-corrected chi connectivity index (χ1v) is 8.94. The van der Waals surface area contributed by atoms with Gasteiger partial charge in [0, 0.05) is 0 Å². The highest BCUT2D eigenvalue weighted by Crippen LogP contribution is 2.40. The molecule has 0 radical (unpaired) electrons. The van der Waals surface area contributed by atoms with Gasteiger partial charge in [-0.1, -0.05) is 42.8 Å². The van der Waals surface area contributed by atoms with Gasteiger partial charge < -0.3 is 11.5 Å². The summed E-state index contributed by atoms with van der Waals surface area (Å²) >= 11 is 0. The van der Waals surface area contributed by atoms with Crippen LogP contribution >= 0.6 is 0 Å². The normalized spacial score (nSPS) is 19.2. The average molecular weight is 351 g/mol. The molecular formula is C20H22FN5. The largest absolute Gasteiger partial charge is 0.369 e. The Morgan fingerprint density at radius 3 is 2.35 bits per heavy atom. The standard InChI is InChI=1S/C20H22FN5/c21-16-13-15(14-7-3-1-4-8-14)9-10-17(16)26-19(23)24-18(22)25-20(26)11-5-2-6-12-20/h1,3-4,7-10,13H,2,5-6,11-12H2,(H4,22,23,24,25). The Labute approximate surface area is 152 Å². The van der Waals surface area contributed by atoms with E-state index in [1.54, 1.807) is 11.0 Å². The number of hydrogen-bond donors (Lipinski definition) is 2. The SMILES string of the molecule is NC1=NC2(CCCCC2)N(c2ccc(-c3ccccc3)cc2F)C(N)=N1. The molecule has 1 aliphatic heterocycles. The second kappa shape index (κ2) is 6.44. The molecule has 6 heteroatoms. The molecule has 2 aromatic rings. The molecule has 0 unspecified atom stereocenters. The van der Waals surface area contributed by atoms with Gasteiger partial charge in [0.25, 0.3) is 0 Å². The number of hydrogen-bond acceptors (Lipinski definition) is 5. The van der Waals surface area contributed by atoms with Crippen LogP contribution in [0.2, 0.25) is 0 Å². The van der Waals surface area contributed by atoms with Gasteiger partial charge in [-0.2, -0.15) is 4.99 Å². The number of guanidine groups is 2. The molecule has 2 aliphatic rings. The van der Waals surface area contributed by atoms with Crippen molar-refractivity contribution in [2.45, 2.75) is 37.8 Å². The van der Waals surface area contributed by atoms with Crippen LogP contribution in [-0.2, 0) is 0 Å². The Morgan fingerprint density at radius 1 is 0.923 bits per heavy atom. The van der Waals surface area contributed by atoms with Gasteiger partial charge in [0.1, 0.15) is 11.5 Å². The van der Waals surface area contributed by atoms with Crippen molar-refractivity contribution in [2.24, 2.45) is 21.5 Å². The number of nitrogens with two attached hydrogens (primary N) is 2. The first-order valence-electron chi connectivity index (χ1n) is 8.94. The van der Waals surface area contributed by atoms with Crippen molar-refractivity contribution >= 4 is 17.6 Å². The average Bonchev–Trinajstić information content (AvgIpc) is 2.64. The lowest BCUT2D eigenvalue weighted by Crippen LogP contribution is -2.58. The number of nitrogens with zero attached hydrogens (tertiary/aromatic N) is 3. The smallest absolute Gasteiger partial charge is 0.220 e. The lowest BCUT2D eigenvalue weighted by molar-refractivity contribution is 0.304. The molecule has 1 saturated carbocycles. The maximum Gasteiger partial charge on any atom is 0.220 e. The Kier molecular flexibility index (Phi) is 4.11. The van der Waals surface area contributed by atoms with Crippen LogP contribution in [0.4, 0.5) is 10.1 Å². The number of benzene rings is 2. The molecule has 0 aromatic heterocycles. The van der Waals surface area contributed by atoms with Crippen LogP contribution in [-0.4, -0.2) is 17.6 Å². The molecule has 1 spiro atoms. The highest BCUT2D eigenvalue weighted by molar-refractivity contribution is 6.05. The molecular weight excluding hydrogens is 329 g/mol. The van der Waals surface area contributed by atoms with E-state index in [0.717, 1.165) is 43.2 Å². The molecule has 4 rings (SSSR count). The zero-order valence-electron chi connectivity index (χ0n) is 14.5. The van der Waals surface area contributed by atoms with Gasteiger partial charge in [-0.05, 0) is 48.9 Å². The summed E-state index contributed by atoms with van der Waals surface area (Å²) in [6.45, 7) is 0. The number of halogens is 1.